The molecule has 12 heteroatoms. The molecule has 0 saturated carbocycles. The molecular formula is C26H25ClF3N5O2S. The molecule has 0 bridgehead atoms. The van der Waals surface area contributed by atoms with Gasteiger partial charge in [0.05, 0.1) is 22.5 Å². The number of hydrogen-bond acceptors (Lipinski definition) is 6. The number of benzene rings is 3. The van der Waals surface area contributed by atoms with E-state index in [4.69, 9.17) is 0 Å². The van der Waals surface area contributed by atoms with Gasteiger partial charge in [-0.05, 0) is 42.6 Å². The van der Waals surface area contributed by atoms with Crippen LogP contribution in [0.4, 0.5) is 24.8 Å². The predicted molar refractivity (Wildman–Crippen MR) is 144 cm³/mol. The minimum atomic E-state index is -4.11. The Morgan fingerprint density at radius 3 is 2.55 bits per heavy atom. The zero-order valence-electron chi connectivity index (χ0n) is 20.0. The number of sulfonamides is 1. The Labute approximate surface area is 224 Å². The van der Waals surface area contributed by atoms with Gasteiger partial charge in [-0.15, -0.1) is 12.4 Å². The van der Waals surface area contributed by atoms with Crippen LogP contribution in [0, 0.1) is 17.5 Å². The van der Waals surface area contributed by atoms with Crippen molar-refractivity contribution in [3.05, 3.63) is 83.8 Å². The van der Waals surface area contributed by atoms with Crippen LogP contribution in [0.2, 0.25) is 0 Å². The summed E-state index contributed by atoms with van der Waals surface area (Å²) in [5.74, 6) is -4.13. The van der Waals surface area contributed by atoms with Gasteiger partial charge in [-0.3, -0.25) is 4.72 Å². The zero-order chi connectivity index (χ0) is 26.0. The highest BCUT2D eigenvalue weighted by atomic mass is 35.5. The van der Waals surface area contributed by atoms with Crippen LogP contribution in [0.25, 0.3) is 22.0 Å². The summed E-state index contributed by atoms with van der Waals surface area (Å²) in [6.07, 6.45) is 3.58. The van der Waals surface area contributed by atoms with E-state index in [0.29, 0.717) is 28.5 Å². The Morgan fingerprint density at radius 2 is 1.82 bits per heavy atom. The van der Waals surface area contributed by atoms with Crippen molar-refractivity contribution >= 4 is 45.0 Å². The van der Waals surface area contributed by atoms with Crippen LogP contribution in [0.5, 0.6) is 0 Å². The van der Waals surface area contributed by atoms with E-state index in [2.05, 4.69) is 20.6 Å². The van der Waals surface area contributed by atoms with Gasteiger partial charge < -0.3 is 10.6 Å². The number of hydrogen-bond donors (Lipinski definition) is 3. The molecule has 0 aliphatic carbocycles. The summed E-state index contributed by atoms with van der Waals surface area (Å²) in [6.45, 7) is 1.79. The standard InChI is InChI=1S/C26H24F3N5O2S.ClH/c27-20-12-22(34-37(35,36)15-16-5-2-1-3-6-16)24(28)25(29)23(20)17-8-9-21-18(11-17)13-31-26(33-21)32-19-7-4-10-30-14-19;/h1-3,5-6,8-9,11-13,19,30,34H,4,7,10,14-15H2,(H,31,32,33);1H/t19-;/m0./s1. The van der Waals surface area contributed by atoms with Crippen molar-refractivity contribution in [3.8, 4) is 11.1 Å². The lowest BCUT2D eigenvalue weighted by molar-refractivity contribution is 0.478. The van der Waals surface area contributed by atoms with Crippen LogP contribution in [-0.2, 0) is 15.8 Å². The first-order valence-corrected chi connectivity index (χ1v) is 13.4. The maximum Gasteiger partial charge on any atom is 0.237 e. The molecule has 2 heterocycles. The second-order valence-corrected chi connectivity index (χ2v) is 10.6. The van der Waals surface area contributed by atoms with Crippen molar-refractivity contribution in [3.63, 3.8) is 0 Å². The number of halogens is 4. The van der Waals surface area contributed by atoms with Gasteiger partial charge in [0, 0.05) is 30.2 Å². The molecule has 1 saturated heterocycles. The SMILES string of the molecule is Cl.O=S(=O)(Cc1ccccc1)Nc1cc(F)c(-c2ccc3nc(N[C@H]4CCCNC4)ncc3c2)c(F)c1F. The minimum Gasteiger partial charge on any atom is -0.350 e. The Kier molecular flexibility index (Phi) is 8.39. The number of piperidine rings is 1. The number of nitrogens with one attached hydrogen (secondary N) is 3. The second kappa shape index (κ2) is 11.5. The molecule has 7 nitrogen and oxygen atoms in total. The van der Waals surface area contributed by atoms with Gasteiger partial charge in [0.15, 0.2) is 11.6 Å². The lowest BCUT2D eigenvalue weighted by Gasteiger charge is -2.23. The van der Waals surface area contributed by atoms with Gasteiger partial charge in [-0.2, -0.15) is 0 Å². The van der Waals surface area contributed by atoms with E-state index in [1.54, 1.807) is 36.4 Å². The van der Waals surface area contributed by atoms with Crippen LogP contribution < -0.4 is 15.4 Å². The first-order chi connectivity index (χ1) is 17.8. The largest absolute Gasteiger partial charge is 0.350 e. The average Bonchev–Trinajstić information content (AvgIpc) is 2.88. The Bertz CT molecular complexity index is 1550. The average molecular weight is 564 g/mol. The van der Waals surface area contributed by atoms with Crippen molar-refractivity contribution in [2.45, 2.75) is 24.6 Å². The van der Waals surface area contributed by atoms with Crippen LogP contribution >= 0.6 is 12.4 Å². The van der Waals surface area contributed by atoms with E-state index in [-0.39, 0.29) is 24.0 Å². The maximum atomic E-state index is 15.0. The van der Waals surface area contributed by atoms with Crippen LogP contribution in [0.1, 0.15) is 18.4 Å². The number of nitrogens with zero attached hydrogens (tertiary/aromatic N) is 2. The molecule has 1 fully saturated rings. The topological polar surface area (TPSA) is 96.0 Å². The zero-order valence-corrected chi connectivity index (χ0v) is 21.7. The summed E-state index contributed by atoms with van der Waals surface area (Å²) in [6, 6.07) is 13.5. The first kappa shape index (κ1) is 27.6. The number of anilines is 2. The fourth-order valence-electron chi connectivity index (χ4n) is 4.35. The molecule has 38 heavy (non-hydrogen) atoms. The van der Waals surface area contributed by atoms with Crippen molar-refractivity contribution in [2.75, 3.05) is 23.1 Å². The summed E-state index contributed by atoms with van der Waals surface area (Å²) < 4.78 is 71.8. The van der Waals surface area contributed by atoms with Crippen molar-refractivity contribution in [2.24, 2.45) is 0 Å². The fourth-order valence-corrected chi connectivity index (χ4v) is 5.53. The van der Waals surface area contributed by atoms with Gasteiger partial charge in [-0.1, -0.05) is 36.4 Å². The Morgan fingerprint density at radius 1 is 1.03 bits per heavy atom. The van der Waals surface area contributed by atoms with E-state index in [1.807, 2.05) is 4.72 Å². The van der Waals surface area contributed by atoms with Crippen molar-refractivity contribution < 1.29 is 21.6 Å². The van der Waals surface area contributed by atoms with Crippen LogP contribution in [0.3, 0.4) is 0 Å². The van der Waals surface area contributed by atoms with Gasteiger partial charge in [0.2, 0.25) is 16.0 Å². The molecule has 3 N–H and O–H groups in total. The minimum absolute atomic E-state index is 0. The predicted octanol–water partition coefficient (Wildman–Crippen LogP) is 5.24. The summed E-state index contributed by atoms with van der Waals surface area (Å²) in [4.78, 5) is 8.77. The molecule has 1 atom stereocenters. The van der Waals surface area contributed by atoms with Crippen LogP contribution in [-0.4, -0.2) is 37.5 Å². The maximum absolute atomic E-state index is 15.0. The normalized spacial score (nSPS) is 15.6. The highest BCUT2D eigenvalue weighted by Crippen LogP contribution is 2.34. The fraction of sp³-hybridized carbons (Fsp3) is 0.231. The lowest BCUT2D eigenvalue weighted by atomic mass is 10.0. The Balaban J connectivity index is 0.00000336. The molecule has 5 rings (SSSR count). The molecule has 0 amide bonds. The molecular weight excluding hydrogens is 539 g/mol. The molecule has 1 aliphatic rings. The number of rotatable bonds is 7. The lowest BCUT2D eigenvalue weighted by Crippen LogP contribution is -2.38. The third-order valence-electron chi connectivity index (χ3n) is 6.12. The molecule has 3 aromatic carbocycles. The number of aromatic nitrogens is 2. The van der Waals surface area contributed by atoms with Crippen LogP contribution in [0.15, 0.2) is 60.8 Å². The van der Waals surface area contributed by atoms with Gasteiger partial charge in [-0.25, -0.2) is 31.6 Å². The molecule has 4 aromatic rings. The number of fused-ring (bicyclic) bond motifs is 1. The van der Waals surface area contributed by atoms with Crippen molar-refractivity contribution in [1.29, 1.82) is 0 Å². The third-order valence-corrected chi connectivity index (χ3v) is 7.37. The molecule has 0 radical (unpaired) electrons. The summed E-state index contributed by atoms with van der Waals surface area (Å²) in [7, 11) is -4.11. The Hall–Kier alpha value is -3.41. The highest BCUT2D eigenvalue weighted by molar-refractivity contribution is 7.91. The van der Waals surface area contributed by atoms with Gasteiger partial charge in [0.25, 0.3) is 0 Å². The molecule has 0 spiro atoms. The first-order valence-electron chi connectivity index (χ1n) is 11.8. The van der Waals surface area contributed by atoms with E-state index < -0.39 is 44.5 Å². The third kappa shape index (κ3) is 6.17. The monoisotopic (exact) mass is 563 g/mol. The van der Waals surface area contributed by atoms with E-state index >= 15 is 8.78 Å². The summed E-state index contributed by atoms with van der Waals surface area (Å²) in [5.41, 5.74) is -0.342. The van der Waals surface area contributed by atoms with Crippen molar-refractivity contribution in [1.82, 2.24) is 15.3 Å². The smallest absolute Gasteiger partial charge is 0.237 e. The quantitative estimate of drug-likeness (QED) is 0.266. The van der Waals surface area contributed by atoms with E-state index in [9.17, 15) is 12.8 Å². The highest BCUT2D eigenvalue weighted by Gasteiger charge is 2.23. The van der Waals surface area contributed by atoms with Gasteiger partial charge in [0.1, 0.15) is 5.82 Å². The van der Waals surface area contributed by atoms with Gasteiger partial charge >= 0.3 is 0 Å². The van der Waals surface area contributed by atoms with E-state index in [0.717, 1.165) is 25.9 Å². The molecule has 1 aromatic heterocycles. The second-order valence-electron chi connectivity index (χ2n) is 8.91. The van der Waals surface area contributed by atoms with E-state index in [1.165, 1.54) is 18.3 Å². The summed E-state index contributed by atoms with van der Waals surface area (Å²) in [5, 5.41) is 7.09. The molecule has 200 valence electrons. The molecule has 0 unspecified atom stereocenters. The molecule has 1 aliphatic heterocycles. The summed E-state index contributed by atoms with van der Waals surface area (Å²) >= 11 is 0.